The number of ether oxygens (including phenoxy) is 2. The third-order valence-electron chi connectivity index (χ3n) is 5.27. The van der Waals surface area contributed by atoms with E-state index in [1.807, 2.05) is 36.4 Å². The number of hydrogen-bond acceptors (Lipinski definition) is 4. The van der Waals surface area contributed by atoms with Crippen molar-refractivity contribution < 1.29 is 19.1 Å². The van der Waals surface area contributed by atoms with E-state index in [1.54, 1.807) is 50.4 Å². The Bertz CT molecular complexity index is 1120. The molecule has 1 unspecified atom stereocenters. The van der Waals surface area contributed by atoms with E-state index in [4.69, 9.17) is 32.7 Å². The molecule has 1 atom stereocenters. The smallest absolute Gasteiger partial charge is 0.261 e. The molecule has 0 radical (unpaired) electrons. The van der Waals surface area contributed by atoms with Gasteiger partial charge in [-0.2, -0.15) is 0 Å². The Morgan fingerprint density at radius 3 is 2.26 bits per heavy atom. The zero-order valence-corrected chi connectivity index (χ0v) is 20.5. The van der Waals surface area contributed by atoms with Crippen LogP contribution in [0.25, 0.3) is 0 Å². The van der Waals surface area contributed by atoms with E-state index in [2.05, 4.69) is 5.32 Å². The lowest BCUT2D eigenvalue weighted by Crippen LogP contribution is -2.48. The first-order valence-corrected chi connectivity index (χ1v) is 11.5. The highest BCUT2D eigenvalue weighted by atomic mass is 35.5. The van der Waals surface area contributed by atoms with Gasteiger partial charge in [-0.15, -0.1) is 0 Å². The van der Waals surface area contributed by atoms with Gasteiger partial charge in [-0.25, -0.2) is 0 Å². The van der Waals surface area contributed by atoms with Gasteiger partial charge in [0.15, 0.2) is 6.61 Å². The molecule has 0 spiro atoms. The fourth-order valence-electron chi connectivity index (χ4n) is 3.33. The van der Waals surface area contributed by atoms with Crippen LogP contribution >= 0.6 is 23.2 Å². The van der Waals surface area contributed by atoms with Crippen molar-refractivity contribution in [2.45, 2.75) is 26.1 Å². The maximum absolute atomic E-state index is 13.2. The molecule has 3 aromatic carbocycles. The number of carbonyl (C=O) groups excluding carboxylic acids is 2. The highest BCUT2D eigenvalue weighted by Crippen LogP contribution is 2.23. The van der Waals surface area contributed by atoms with Gasteiger partial charge >= 0.3 is 0 Å². The molecule has 178 valence electrons. The van der Waals surface area contributed by atoms with Crippen molar-refractivity contribution in [1.82, 2.24) is 10.2 Å². The SMILES string of the molecule is COc1ccccc1CNC(=O)C(C)N(Cc1ccc(Cl)cc1)C(=O)COc1ccccc1Cl. The number of benzene rings is 3. The molecule has 34 heavy (non-hydrogen) atoms. The first-order chi connectivity index (χ1) is 16.4. The van der Waals surface area contributed by atoms with Crippen LogP contribution in [0.2, 0.25) is 10.0 Å². The number of nitrogens with one attached hydrogen (secondary N) is 1. The van der Waals surface area contributed by atoms with Crippen LogP contribution in [0.5, 0.6) is 11.5 Å². The van der Waals surface area contributed by atoms with Gasteiger partial charge in [0.1, 0.15) is 17.5 Å². The number of rotatable bonds is 10. The number of para-hydroxylation sites is 2. The Hall–Kier alpha value is -3.22. The third-order valence-corrected chi connectivity index (χ3v) is 5.83. The van der Waals surface area contributed by atoms with Crippen molar-refractivity contribution in [3.05, 3.63) is 94.0 Å². The highest BCUT2D eigenvalue weighted by Gasteiger charge is 2.27. The predicted molar refractivity (Wildman–Crippen MR) is 133 cm³/mol. The highest BCUT2D eigenvalue weighted by molar-refractivity contribution is 6.32. The molecule has 1 N–H and O–H groups in total. The van der Waals surface area contributed by atoms with Crippen molar-refractivity contribution in [1.29, 1.82) is 0 Å². The van der Waals surface area contributed by atoms with Crippen molar-refractivity contribution >= 4 is 35.0 Å². The summed E-state index contributed by atoms with van der Waals surface area (Å²) in [5, 5.41) is 3.88. The molecule has 2 amide bonds. The molecule has 0 aliphatic carbocycles. The van der Waals surface area contributed by atoms with Gasteiger partial charge in [-0.3, -0.25) is 9.59 Å². The zero-order valence-electron chi connectivity index (χ0n) is 19.0. The molecule has 0 aromatic heterocycles. The van der Waals surface area contributed by atoms with Crippen LogP contribution < -0.4 is 14.8 Å². The predicted octanol–water partition coefficient (Wildman–Crippen LogP) is 5.11. The number of amides is 2. The summed E-state index contributed by atoms with van der Waals surface area (Å²) in [5.41, 5.74) is 1.67. The van der Waals surface area contributed by atoms with Crippen LogP contribution in [0, 0.1) is 0 Å². The average Bonchev–Trinajstić information content (AvgIpc) is 2.86. The molecule has 0 aliphatic heterocycles. The topological polar surface area (TPSA) is 67.9 Å². The van der Waals surface area contributed by atoms with Gasteiger partial charge in [0, 0.05) is 23.7 Å². The minimum Gasteiger partial charge on any atom is -0.496 e. The first-order valence-electron chi connectivity index (χ1n) is 10.7. The lowest BCUT2D eigenvalue weighted by atomic mass is 10.1. The second-order valence-electron chi connectivity index (χ2n) is 7.57. The van der Waals surface area contributed by atoms with Crippen molar-refractivity contribution in [2.75, 3.05) is 13.7 Å². The largest absolute Gasteiger partial charge is 0.496 e. The summed E-state index contributed by atoms with van der Waals surface area (Å²) < 4.78 is 11.0. The third kappa shape index (κ3) is 6.89. The van der Waals surface area contributed by atoms with Gasteiger partial charge in [0.2, 0.25) is 5.91 Å². The van der Waals surface area contributed by atoms with E-state index >= 15 is 0 Å². The summed E-state index contributed by atoms with van der Waals surface area (Å²) in [6, 6.07) is 20.7. The molecule has 3 rings (SSSR count). The molecule has 0 bridgehead atoms. The molecule has 8 heteroatoms. The maximum atomic E-state index is 13.2. The van der Waals surface area contributed by atoms with Crippen LogP contribution in [0.1, 0.15) is 18.1 Å². The Balaban J connectivity index is 1.72. The summed E-state index contributed by atoms with van der Waals surface area (Å²) in [7, 11) is 1.58. The van der Waals surface area contributed by atoms with Crippen molar-refractivity contribution in [3.63, 3.8) is 0 Å². The average molecular weight is 501 g/mol. The number of nitrogens with zero attached hydrogens (tertiary/aromatic N) is 1. The van der Waals surface area contributed by atoms with E-state index in [0.717, 1.165) is 11.1 Å². The summed E-state index contributed by atoms with van der Waals surface area (Å²) in [6.45, 7) is 1.90. The fraction of sp³-hybridized carbons (Fsp3) is 0.231. The van der Waals surface area contributed by atoms with Gasteiger partial charge < -0.3 is 19.7 Å². The van der Waals surface area contributed by atoms with E-state index in [9.17, 15) is 9.59 Å². The molecule has 0 saturated heterocycles. The summed E-state index contributed by atoms with van der Waals surface area (Å²) in [5.74, 6) is 0.427. The molecule has 0 saturated carbocycles. The van der Waals surface area contributed by atoms with Crippen molar-refractivity contribution in [2.24, 2.45) is 0 Å². The number of methoxy groups -OCH3 is 1. The fourth-order valence-corrected chi connectivity index (χ4v) is 3.65. The van der Waals surface area contributed by atoms with Gasteiger partial charge in [0.05, 0.1) is 12.1 Å². The molecular weight excluding hydrogens is 475 g/mol. The Morgan fingerprint density at radius 1 is 0.941 bits per heavy atom. The molecule has 3 aromatic rings. The van der Waals surface area contributed by atoms with Gasteiger partial charge in [0.25, 0.3) is 5.91 Å². The second-order valence-corrected chi connectivity index (χ2v) is 8.42. The van der Waals surface area contributed by atoms with Crippen LogP contribution in [-0.2, 0) is 22.7 Å². The van der Waals surface area contributed by atoms with Crippen LogP contribution in [0.15, 0.2) is 72.8 Å². The minimum absolute atomic E-state index is 0.213. The van der Waals surface area contributed by atoms with E-state index in [1.165, 1.54) is 4.90 Å². The molecule has 0 heterocycles. The van der Waals surface area contributed by atoms with E-state index < -0.39 is 6.04 Å². The van der Waals surface area contributed by atoms with E-state index in [-0.39, 0.29) is 31.5 Å². The Kier molecular flexibility index (Phi) is 9.19. The minimum atomic E-state index is -0.757. The van der Waals surface area contributed by atoms with Crippen LogP contribution in [-0.4, -0.2) is 36.5 Å². The standard InChI is InChI=1S/C26H26Cl2N2O4/c1-18(26(32)29-15-20-7-3-5-9-23(20)33-2)30(16-19-11-13-21(27)14-12-19)25(31)17-34-24-10-6-4-8-22(24)28/h3-14,18H,15-17H2,1-2H3,(H,29,32). The summed E-state index contributed by atoms with van der Waals surface area (Å²) in [4.78, 5) is 27.6. The number of carbonyl (C=O) groups is 2. The number of hydrogen-bond donors (Lipinski definition) is 1. The lowest BCUT2D eigenvalue weighted by Gasteiger charge is -2.29. The monoisotopic (exact) mass is 500 g/mol. The molecule has 6 nitrogen and oxygen atoms in total. The second kappa shape index (κ2) is 12.3. The molecular formula is C26H26Cl2N2O4. The van der Waals surface area contributed by atoms with Crippen LogP contribution in [0.4, 0.5) is 0 Å². The van der Waals surface area contributed by atoms with Gasteiger partial charge in [-0.05, 0) is 42.8 Å². The first kappa shape index (κ1) is 25.4. The molecule has 0 fully saturated rings. The Morgan fingerprint density at radius 2 is 1.59 bits per heavy atom. The zero-order chi connectivity index (χ0) is 24.5. The summed E-state index contributed by atoms with van der Waals surface area (Å²) in [6.07, 6.45) is 0. The molecule has 0 aliphatic rings. The van der Waals surface area contributed by atoms with Gasteiger partial charge in [-0.1, -0.05) is 65.7 Å². The van der Waals surface area contributed by atoms with Crippen LogP contribution in [0.3, 0.4) is 0 Å². The summed E-state index contributed by atoms with van der Waals surface area (Å²) >= 11 is 12.1. The van der Waals surface area contributed by atoms with E-state index in [0.29, 0.717) is 21.5 Å². The van der Waals surface area contributed by atoms with Crippen molar-refractivity contribution in [3.8, 4) is 11.5 Å². The maximum Gasteiger partial charge on any atom is 0.261 e. The quantitative estimate of drug-likeness (QED) is 0.419. The lowest BCUT2D eigenvalue weighted by molar-refractivity contribution is -0.142. The number of halogens is 2. The Labute approximate surface area is 209 Å². The normalized spacial score (nSPS) is 11.4.